The van der Waals surface area contributed by atoms with Crippen molar-refractivity contribution in [3.63, 3.8) is 0 Å². The summed E-state index contributed by atoms with van der Waals surface area (Å²) in [5.41, 5.74) is -0.815. The van der Waals surface area contributed by atoms with Crippen LogP contribution in [0.4, 0.5) is 14.5 Å². The average Bonchev–Trinajstić information content (AvgIpc) is 2.90. The maximum Gasteiger partial charge on any atom is 0.183 e. The van der Waals surface area contributed by atoms with Crippen LogP contribution in [0.1, 0.15) is 12.0 Å². The van der Waals surface area contributed by atoms with Crippen molar-refractivity contribution in [2.45, 2.75) is 12.0 Å². The predicted molar refractivity (Wildman–Crippen MR) is 64.7 cm³/mol. The number of nitrogens with zero attached hydrogens (tertiary/aromatic N) is 1. The van der Waals surface area contributed by atoms with Gasteiger partial charge in [-0.3, -0.25) is 0 Å². The van der Waals surface area contributed by atoms with E-state index in [0.29, 0.717) is 26.2 Å². The molecule has 1 fully saturated rings. The van der Waals surface area contributed by atoms with E-state index >= 15 is 0 Å². The van der Waals surface area contributed by atoms with Crippen LogP contribution in [0.15, 0.2) is 12.1 Å². The van der Waals surface area contributed by atoms with E-state index in [9.17, 15) is 8.78 Å². The molecule has 0 aromatic heterocycles. The average molecular weight is 268 g/mol. The highest BCUT2D eigenvalue weighted by Gasteiger charge is 2.35. The highest BCUT2D eigenvalue weighted by atomic mass is 19.2. The number of hydrogen-bond acceptors (Lipinski definition) is 4. The van der Waals surface area contributed by atoms with Crippen molar-refractivity contribution in [3.8, 4) is 6.07 Å². The number of halogens is 2. The lowest BCUT2D eigenvalue weighted by atomic mass is 10.0. The molecule has 1 unspecified atom stereocenters. The van der Waals surface area contributed by atoms with Gasteiger partial charge in [0.2, 0.25) is 0 Å². The van der Waals surface area contributed by atoms with Gasteiger partial charge < -0.3 is 14.8 Å². The van der Waals surface area contributed by atoms with Gasteiger partial charge in [-0.25, -0.2) is 8.78 Å². The van der Waals surface area contributed by atoms with Crippen LogP contribution < -0.4 is 5.32 Å². The van der Waals surface area contributed by atoms with Gasteiger partial charge in [-0.1, -0.05) is 0 Å². The molecule has 1 saturated heterocycles. The Morgan fingerprint density at radius 2 is 2.26 bits per heavy atom. The van der Waals surface area contributed by atoms with Gasteiger partial charge in [0.1, 0.15) is 11.7 Å². The zero-order valence-corrected chi connectivity index (χ0v) is 10.5. The van der Waals surface area contributed by atoms with Crippen LogP contribution in [-0.2, 0) is 9.47 Å². The Kier molecular flexibility index (Phi) is 3.98. The second-order valence-corrected chi connectivity index (χ2v) is 4.44. The first-order valence-electron chi connectivity index (χ1n) is 5.87. The summed E-state index contributed by atoms with van der Waals surface area (Å²) >= 11 is 0. The first kappa shape index (κ1) is 13.7. The monoisotopic (exact) mass is 268 g/mol. The van der Waals surface area contributed by atoms with E-state index in [2.05, 4.69) is 5.32 Å². The molecule has 0 amide bonds. The quantitative estimate of drug-likeness (QED) is 0.908. The minimum absolute atomic E-state index is 0.0137. The van der Waals surface area contributed by atoms with E-state index in [4.69, 9.17) is 14.7 Å². The second-order valence-electron chi connectivity index (χ2n) is 4.44. The normalized spacial score (nSPS) is 22.2. The number of anilines is 1. The molecule has 6 heteroatoms. The van der Waals surface area contributed by atoms with E-state index in [1.165, 1.54) is 12.1 Å². The van der Waals surface area contributed by atoms with Gasteiger partial charge in [0.15, 0.2) is 11.6 Å². The van der Waals surface area contributed by atoms with Gasteiger partial charge in [-0.2, -0.15) is 5.26 Å². The summed E-state index contributed by atoms with van der Waals surface area (Å²) in [4.78, 5) is 0. The minimum Gasteiger partial charge on any atom is -0.380 e. The molecule has 0 saturated carbocycles. The van der Waals surface area contributed by atoms with Gasteiger partial charge in [0, 0.05) is 26.7 Å². The molecule has 1 aromatic rings. The number of ether oxygens (including phenoxy) is 2. The van der Waals surface area contributed by atoms with Crippen LogP contribution >= 0.6 is 0 Å². The van der Waals surface area contributed by atoms with Gasteiger partial charge in [-0.15, -0.1) is 0 Å². The second kappa shape index (κ2) is 5.51. The predicted octanol–water partition coefficient (Wildman–Crippen LogP) is 2.05. The Morgan fingerprint density at radius 1 is 1.47 bits per heavy atom. The van der Waals surface area contributed by atoms with Crippen molar-refractivity contribution in [1.82, 2.24) is 0 Å². The van der Waals surface area contributed by atoms with Crippen LogP contribution in [0, 0.1) is 23.0 Å². The molecular formula is C13H14F2N2O2. The summed E-state index contributed by atoms with van der Waals surface area (Å²) in [6, 6.07) is 4.18. The van der Waals surface area contributed by atoms with Crippen molar-refractivity contribution in [3.05, 3.63) is 29.3 Å². The first-order valence-corrected chi connectivity index (χ1v) is 5.87. The minimum atomic E-state index is -1.14. The van der Waals surface area contributed by atoms with E-state index in [1.54, 1.807) is 13.2 Å². The molecule has 1 N–H and O–H groups in total. The fraction of sp³-hybridized carbons (Fsp3) is 0.462. The molecule has 2 rings (SSSR count). The Hall–Kier alpha value is -1.71. The molecule has 4 nitrogen and oxygen atoms in total. The summed E-state index contributed by atoms with van der Waals surface area (Å²) < 4.78 is 37.8. The molecule has 1 aliphatic rings. The SMILES string of the molecule is COC1(CNc2ccc(C#N)c(F)c2F)CCOC1. The number of hydrogen-bond donors (Lipinski definition) is 1. The third-order valence-corrected chi connectivity index (χ3v) is 3.30. The number of methoxy groups -OCH3 is 1. The third kappa shape index (κ3) is 2.67. The summed E-state index contributed by atoms with van der Waals surface area (Å²) in [6.07, 6.45) is 0.691. The maximum absolute atomic E-state index is 13.7. The lowest BCUT2D eigenvalue weighted by molar-refractivity contribution is -0.00624. The van der Waals surface area contributed by atoms with Crippen molar-refractivity contribution in [2.24, 2.45) is 0 Å². The van der Waals surface area contributed by atoms with Crippen molar-refractivity contribution in [1.29, 1.82) is 5.26 Å². The van der Waals surface area contributed by atoms with Gasteiger partial charge in [0.05, 0.1) is 17.9 Å². The third-order valence-electron chi connectivity index (χ3n) is 3.30. The summed E-state index contributed by atoms with van der Waals surface area (Å²) in [5.74, 6) is -2.19. The lowest BCUT2D eigenvalue weighted by Gasteiger charge is -2.26. The molecule has 0 bridgehead atoms. The van der Waals surface area contributed by atoms with Crippen LogP contribution in [0.5, 0.6) is 0 Å². The van der Waals surface area contributed by atoms with Crippen molar-refractivity contribution < 1.29 is 18.3 Å². The van der Waals surface area contributed by atoms with Gasteiger partial charge >= 0.3 is 0 Å². The molecule has 0 spiro atoms. The number of nitriles is 1. The summed E-state index contributed by atoms with van der Waals surface area (Å²) in [6.45, 7) is 1.31. The molecule has 1 aliphatic heterocycles. The number of rotatable bonds is 4. The lowest BCUT2D eigenvalue weighted by Crippen LogP contribution is -2.39. The highest BCUT2D eigenvalue weighted by molar-refractivity contribution is 5.50. The van der Waals surface area contributed by atoms with E-state index < -0.39 is 17.2 Å². The van der Waals surface area contributed by atoms with E-state index in [1.807, 2.05) is 0 Å². The molecule has 102 valence electrons. The Balaban J connectivity index is 2.12. The van der Waals surface area contributed by atoms with E-state index in [0.717, 1.165) is 0 Å². The summed E-state index contributed by atoms with van der Waals surface area (Å²) in [5, 5.41) is 11.4. The molecule has 0 radical (unpaired) electrons. The van der Waals surface area contributed by atoms with Gasteiger partial charge in [0.25, 0.3) is 0 Å². The topological polar surface area (TPSA) is 54.3 Å². The molecular weight excluding hydrogens is 254 g/mol. The Bertz CT molecular complexity index is 508. The standard InChI is InChI=1S/C13H14F2N2O2/c1-18-13(4-5-19-8-13)7-17-10-3-2-9(6-16)11(14)12(10)15/h2-3,17H,4-5,7-8H2,1H3. The maximum atomic E-state index is 13.7. The zero-order chi connectivity index (χ0) is 13.9. The van der Waals surface area contributed by atoms with E-state index in [-0.39, 0.29) is 11.3 Å². The van der Waals surface area contributed by atoms with Crippen LogP contribution in [0.25, 0.3) is 0 Å². The number of nitrogens with one attached hydrogen (secondary N) is 1. The molecule has 0 aliphatic carbocycles. The zero-order valence-electron chi connectivity index (χ0n) is 10.5. The fourth-order valence-corrected chi connectivity index (χ4v) is 1.99. The van der Waals surface area contributed by atoms with Crippen LogP contribution in [-0.4, -0.2) is 32.5 Å². The largest absolute Gasteiger partial charge is 0.380 e. The first-order chi connectivity index (χ1) is 9.12. The Labute approximate surface area is 109 Å². The number of benzene rings is 1. The van der Waals surface area contributed by atoms with Crippen molar-refractivity contribution in [2.75, 3.05) is 32.2 Å². The summed E-state index contributed by atoms with van der Waals surface area (Å²) in [7, 11) is 1.56. The fourth-order valence-electron chi connectivity index (χ4n) is 1.99. The smallest absolute Gasteiger partial charge is 0.183 e. The van der Waals surface area contributed by atoms with Crippen LogP contribution in [0.2, 0.25) is 0 Å². The molecule has 1 heterocycles. The molecule has 19 heavy (non-hydrogen) atoms. The molecule has 1 atom stereocenters. The van der Waals surface area contributed by atoms with Crippen LogP contribution in [0.3, 0.4) is 0 Å². The highest BCUT2D eigenvalue weighted by Crippen LogP contribution is 2.25. The Morgan fingerprint density at radius 3 is 2.84 bits per heavy atom. The van der Waals surface area contributed by atoms with Crippen molar-refractivity contribution >= 4 is 5.69 Å². The molecule has 1 aromatic carbocycles. The van der Waals surface area contributed by atoms with Gasteiger partial charge in [-0.05, 0) is 12.1 Å².